The average molecular weight is 330 g/mol. The zero-order valence-electron chi connectivity index (χ0n) is 11.3. The van der Waals surface area contributed by atoms with Gasteiger partial charge in [-0.2, -0.15) is 0 Å². The fourth-order valence-electron chi connectivity index (χ4n) is 2.72. The standard InChI is InChI=1S/C15H21BrFNO/c1-2-10-4-3-5-12(8-10)19-13-7-6-11(9-18)14(16)15(13)17/h6-7,10,12H,2-5,8-9,18H2,1H3. The summed E-state index contributed by atoms with van der Waals surface area (Å²) in [5.74, 6) is 0.723. The molecule has 0 heterocycles. The van der Waals surface area contributed by atoms with Crippen LogP contribution in [0.4, 0.5) is 4.39 Å². The van der Waals surface area contributed by atoms with Crippen molar-refractivity contribution in [2.45, 2.75) is 51.7 Å². The van der Waals surface area contributed by atoms with Crippen LogP contribution in [0, 0.1) is 11.7 Å². The van der Waals surface area contributed by atoms with Gasteiger partial charge >= 0.3 is 0 Å². The second kappa shape index (κ2) is 6.71. The molecule has 2 unspecified atom stereocenters. The third-order valence-corrected chi connectivity index (χ3v) is 4.81. The molecule has 1 aromatic rings. The maximum Gasteiger partial charge on any atom is 0.179 e. The lowest BCUT2D eigenvalue weighted by molar-refractivity contribution is 0.117. The minimum Gasteiger partial charge on any atom is -0.487 e. The molecule has 0 spiro atoms. The van der Waals surface area contributed by atoms with E-state index in [1.165, 1.54) is 19.3 Å². The number of nitrogens with two attached hydrogens (primary N) is 1. The molecule has 1 fully saturated rings. The first-order chi connectivity index (χ1) is 9.15. The van der Waals surface area contributed by atoms with Crippen molar-refractivity contribution < 1.29 is 9.13 Å². The molecular weight excluding hydrogens is 309 g/mol. The summed E-state index contributed by atoms with van der Waals surface area (Å²) in [6, 6.07) is 3.51. The molecule has 0 amide bonds. The zero-order valence-corrected chi connectivity index (χ0v) is 12.9. The first-order valence-corrected chi connectivity index (χ1v) is 7.78. The van der Waals surface area contributed by atoms with E-state index in [2.05, 4.69) is 22.9 Å². The lowest BCUT2D eigenvalue weighted by atomic mass is 9.85. The summed E-state index contributed by atoms with van der Waals surface area (Å²) < 4.78 is 20.4. The molecule has 2 nitrogen and oxygen atoms in total. The Morgan fingerprint density at radius 3 is 2.89 bits per heavy atom. The van der Waals surface area contributed by atoms with Crippen LogP contribution >= 0.6 is 15.9 Å². The molecule has 1 aliphatic carbocycles. The predicted octanol–water partition coefficient (Wildman–Crippen LogP) is 4.39. The third kappa shape index (κ3) is 3.48. The summed E-state index contributed by atoms with van der Waals surface area (Å²) in [6.45, 7) is 2.53. The van der Waals surface area contributed by atoms with Crippen molar-refractivity contribution in [1.82, 2.24) is 0 Å². The second-order valence-corrected chi connectivity index (χ2v) is 6.03. The highest BCUT2D eigenvalue weighted by atomic mass is 79.9. The Balaban J connectivity index is 2.09. The van der Waals surface area contributed by atoms with Gasteiger partial charge in [0.05, 0.1) is 10.6 Å². The predicted molar refractivity (Wildman–Crippen MR) is 78.7 cm³/mol. The fraction of sp³-hybridized carbons (Fsp3) is 0.600. The molecule has 0 aromatic heterocycles. The van der Waals surface area contributed by atoms with Gasteiger partial charge in [0.1, 0.15) is 0 Å². The Hall–Kier alpha value is -0.610. The number of hydrogen-bond acceptors (Lipinski definition) is 2. The van der Waals surface area contributed by atoms with E-state index < -0.39 is 0 Å². The molecule has 0 bridgehead atoms. The minimum absolute atomic E-state index is 0.142. The molecule has 2 atom stereocenters. The molecule has 0 saturated heterocycles. The van der Waals surface area contributed by atoms with Gasteiger partial charge in [-0.25, -0.2) is 4.39 Å². The van der Waals surface area contributed by atoms with Crippen LogP contribution in [0.3, 0.4) is 0 Å². The van der Waals surface area contributed by atoms with Gasteiger partial charge in [0.2, 0.25) is 0 Å². The van der Waals surface area contributed by atoms with Gasteiger partial charge in [-0.3, -0.25) is 0 Å². The molecule has 4 heteroatoms. The van der Waals surface area contributed by atoms with E-state index in [1.54, 1.807) is 6.07 Å². The van der Waals surface area contributed by atoms with E-state index in [0.29, 0.717) is 22.7 Å². The minimum atomic E-state index is -0.332. The fourth-order valence-corrected chi connectivity index (χ4v) is 3.21. The van der Waals surface area contributed by atoms with E-state index in [9.17, 15) is 4.39 Å². The maximum atomic E-state index is 14.2. The molecule has 1 aliphatic rings. The lowest BCUT2D eigenvalue weighted by Gasteiger charge is -2.29. The number of benzene rings is 1. The van der Waals surface area contributed by atoms with E-state index >= 15 is 0 Å². The summed E-state index contributed by atoms with van der Waals surface area (Å²) >= 11 is 3.25. The summed E-state index contributed by atoms with van der Waals surface area (Å²) in [4.78, 5) is 0. The van der Waals surface area contributed by atoms with Crippen molar-refractivity contribution in [2.24, 2.45) is 11.7 Å². The van der Waals surface area contributed by atoms with Crippen molar-refractivity contribution in [2.75, 3.05) is 0 Å². The van der Waals surface area contributed by atoms with Gasteiger partial charge in [-0.05, 0) is 52.7 Å². The molecule has 0 aliphatic heterocycles. The quantitative estimate of drug-likeness (QED) is 0.888. The molecule has 2 rings (SSSR count). The van der Waals surface area contributed by atoms with E-state index in [4.69, 9.17) is 10.5 Å². The Labute approximate surface area is 122 Å². The van der Waals surface area contributed by atoms with Crippen LogP contribution < -0.4 is 10.5 Å². The average Bonchev–Trinajstić information content (AvgIpc) is 2.44. The van der Waals surface area contributed by atoms with Crippen molar-refractivity contribution in [3.05, 3.63) is 28.0 Å². The second-order valence-electron chi connectivity index (χ2n) is 5.24. The highest BCUT2D eigenvalue weighted by Gasteiger charge is 2.23. The monoisotopic (exact) mass is 329 g/mol. The van der Waals surface area contributed by atoms with E-state index in [0.717, 1.165) is 18.4 Å². The Kier molecular flexibility index (Phi) is 5.22. The lowest BCUT2D eigenvalue weighted by Crippen LogP contribution is -2.25. The normalized spacial score (nSPS) is 23.4. The van der Waals surface area contributed by atoms with Crippen LogP contribution in [-0.4, -0.2) is 6.10 Å². The summed E-state index contributed by atoms with van der Waals surface area (Å²) in [7, 11) is 0. The largest absolute Gasteiger partial charge is 0.487 e. The molecule has 19 heavy (non-hydrogen) atoms. The van der Waals surface area contributed by atoms with Crippen LogP contribution in [-0.2, 0) is 6.54 Å². The van der Waals surface area contributed by atoms with Crippen molar-refractivity contribution in [3.8, 4) is 5.75 Å². The van der Waals surface area contributed by atoms with Gasteiger partial charge in [0.15, 0.2) is 11.6 Å². The molecular formula is C15H21BrFNO. The van der Waals surface area contributed by atoms with Gasteiger partial charge in [0, 0.05) is 6.54 Å². The Morgan fingerprint density at radius 1 is 1.42 bits per heavy atom. The van der Waals surface area contributed by atoms with E-state index in [1.807, 2.05) is 6.07 Å². The molecule has 106 valence electrons. The molecule has 1 aromatic carbocycles. The van der Waals surface area contributed by atoms with Crippen LogP contribution in [0.25, 0.3) is 0 Å². The summed E-state index contributed by atoms with van der Waals surface area (Å²) in [6.07, 6.45) is 5.82. The van der Waals surface area contributed by atoms with Crippen LogP contribution in [0.15, 0.2) is 16.6 Å². The Morgan fingerprint density at radius 2 is 2.21 bits per heavy atom. The SMILES string of the molecule is CCC1CCCC(Oc2ccc(CN)c(Br)c2F)C1. The van der Waals surface area contributed by atoms with Crippen molar-refractivity contribution in [3.63, 3.8) is 0 Å². The van der Waals surface area contributed by atoms with Crippen molar-refractivity contribution >= 4 is 15.9 Å². The zero-order chi connectivity index (χ0) is 13.8. The van der Waals surface area contributed by atoms with Gasteiger partial charge in [-0.1, -0.05) is 25.8 Å². The number of hydrogen-bond donors (Lipinski definition) is 1. The van der Waals surface area contributed by atoms with Crippen LogP contribution in [0.5, 0.6) is 5.75 Å². The van der Waals surface area contributed by atoms with Crippen LogP contribution in [0.1, 0.15) is 44.6 Å². The molecule has 2 N–H and O–H groups in total. The number of ether oxygens (including phenoxy) is 1. The Bertz CT molecular complexity index is 438. The van der Waals surface area contributed by atoms with Gasteiger partial charge in [-0.15, -0.1) is 0 Å². The smallest absolute Gasteiger partial charge is 0.179 e. The highest BCUT2D eigenvalue weighted by molar-refractivity contribution is 9.10. The first-order valence-electron chi connectivity index (χ1n) is 6.99. The third-order valence-electron chi connectivity index (χ3n) is 3.95. The molecule has 0 radical (unpaired) electrons. The van der Waals surface area contributed by atoms with E-state index in [-0.39, 0.29) is 11.9 Å². The number of rotatable bonds is 4. The number of halogens is 2. The highest BCUT2D eigenvalue weighted by Crippen LogP contribution is 2.33. The van der Waals surface area contributed by atoms with Gasteiger partial charge < -0.3 is 10.5 Å². The first kappa shape index (κ1) is 14.8. The summed E-state index contributed by atoms with van der Waals surface area (Å²) in [5, 5.41) is 0. The van der Waals surface area contributed by atoms with Crippen LogP contribution in [0.2, 0.25) is 0 Å². The van der Waals surface area contributed by atoms with Gasteiger partial charge in [0.25, 0.3) is 0 Å². The topological polar surface area (TPSA) is 35.2 Å². The summed E-state index contributed by atoms with van der Waals surface area (Å²) in [5.41, 5.74) is 6.32. The maximum absolute atomic E-state index is 14.2. The molecule has 1 saturated carbocycles. The van der Waals surface area contributed by atoms with Crippen molar-refractivity contribution in [1.29, 1.82) is 0 Å².